The average Bonchev–Trinajstić information content (AvgIpc) is 3.13. The Morgan fingerprint density at radius 3 is 2.52 bits per heavy atom. The molecule has 0 saturated heterocycles. The standard InChI is InChI=1S/C19H27N5O2S/c1-19(2,3)26-18(25)20-15-11-9-14(10-12-15)16(13-7-5-4-6-8-13)27-17-21-23-24-22-17/h4-8,14-16H,9-12H2,1-3H3,(H,20,25)(H,21,22,23,24). The summed E-state index contributed by atoms with van der Waals surface area (Å²) in [5.41, 5.74) is 0.809. The second-order valence-electron chi connectivity index (χ2n) is 7.91. The molecule has 0 bridgehead atoms. The van der Waals surface area contributed by atoms with E-state index in [1.54, 1.807) is 11.8 Å². The number of tetrazole rings is 1. The van der Waals surface area contributed by atoms with Crippen molar-refractivity contribution in [3.63, 3.8) is 0 Å². The molecule has 7 nitrogen and oxygen atoms in total. The fourth-order valence-corrected chi connectivity index (χ4v) is 4.62. The van der Waals surface area contributed by atoms with E-state index in [1.807, 2.05) is 26.8 Å². The van der Waals surface area contributed by atoms with Crippen molar-refractivity contribution in [3.8, 4) is 0 Å². The van der Waals surface area contributed by atoms with Gasteiger partial charge >= 0.3 is 6.09 Å². The molecule has 146 valence electrons. The Morgan fingerprint density at radius 2 is 1.93 bits per heavy atom. The van der Waals surface area contributed by atoms with Crippen LogP contribution in [0.3, 0.4) is 0 Å². The number of nitrogens with one attached hydrogen (secondary N) is 2. The summed E-state index contributed by atoms with van der Waals surface area (Å²) in [7, 11) is 0. The molecule has 0 radical (unpaired) electrons. The number of hydrogen-bond acceptors (Lipinski definition) is 6. The number of rotatable bonds is 5. The maximum atomic E-state index is 12.0. The third kappa shape index (κ3) is 5.95. The van der Waals surface area contributed by atoms with Crippen molar-refractivity contribution in [3.05, 3.63) is 35.9 Å². The van der Waals surface area contributed by atoms with Crippen LogP contribution in [0.15, 0.2) is 35.5 Å². The third-order valence-corrected chi connectivity index (χ3v) is 5.92. The number of carbonyl (C=O) groups is 1. The number of amides is 1. The third-order valence-electron chi connectivity index (χ3n) is 4.61. The highest BCUT2D eigenvalue weighted by Crippen LogP contribution is 2.45. The minimum Gasteiger partial charge on any atom is -0.444 e. The highest BCUT2D eigenvalue weighted by Gasteiger charge is 2.31. The number of alkyl carbamates (subject to hydrolysis) is 1. The molecular formula is C19H27N5O2S. The molecule has 1 aliphatic rings. The van der Waals surface area contributed by atoms with Gasteiger partial charge in [0.15, 0.2) is 0 Å². The first kappa shape index (κ1) is 19.7. The molecule has 0 aliphatic heterocycles. The van der Waals surface area contributed by atoms with Gasteiger partial charge in [-0.25, -0.2) is 9.89 Å². The summed E-state index contributed by atoms with van der Waals surface area (Å²) in [5.74, 6) is 0.499. The lowest BCUT2D eigenvalue weighted by Gasteiger charge is -2.34. The molecule has 1 heterocycles. The molecular weight excluding hydrogens is 362 g/mol. The molecule has 1 aromatic heterocycles. The van der Waals surface area contributed by atoms with Gasteiger partial charge in [0.25, 0.3) is 0 Å². The molecule has 1 aliphatic carbocycles. The summed E-state index contributed by atoms with van der Waals surface area (Å²) in [6.07, 6.45) is 3.64. The van der Waals surface area contributed by atoms with Crippen molar-refractivity contribution < 1.29 is 9.53 Å². The van der Waals surface area contributed by atoms with Crippen LogP contribution >= 0.6 is 11.8 Å². The Morgan fingerprint density at radius 1 is 1.22 bits per heavy atom. The van der Waals surface area contributed by atoms with Gasteiger partial charge in [0.1, 0.15) is 5.60 Å². The SMILES string of the molecule is CC(C)(C)OC(=O)NC1CCC(C(Sc2nnn[nH]2)c2ccccc2)CC1. The zero-order chi connectivity index (χ0) is 19.3. The highest BCUT2D eigenvalue weighted by atomic mass is 32.2. The molecule has 1 atom stereocenters. The number of H-pyrrole nitrogens is 1. The first-order valence-electron chi connectivity index (χ1n) is 9.35. The molecule has 1 fully saturated rings. The lowest BCUT2D eigenvalue weighted by atomic mass is 9.82. The van der Waals surface area contributed by atoms with Crippen molar-refractivity contribution in [2.75, 3.05) is 0 Å². The van der Waals surface area contributed by atoms with Gasteiger partial charge in [-0.15, -0.1) is 5.10 Å². The molecule has 1 aromatic carbocycles. The normalized spacial score (nSPS) is 21.4. The number of ether oxygens (including phenoxy) is 1. The summed E-state index contributed by atoms with van der Waals surface area (Å²) in [5, 5.41) is 18.3. The predicted octanol–water partition coefficient (Wildman–Crippen LogP) is 4.12. The maximum Gasteiger partial charge on any atom is 0.407 e. The van der Waals surface area contributed by atoms with Crippen LogP contribution in [0.4, 0.5) is 4.79 Å². The Kier molecular flexibility index (Phi) is 6.36. The topological polar surface area (TPSA) is 92.8 Å². The van der Waals surface area contributed by atoms with Crippen molar-refractivity contribution in [1.82, 2.24) is 25.9 Å². The number of hydrogen-bond donors (Lipinski definition) is 2. The second kappa shape index (κ2) is 8.73. The van der Waals surface area contributed by atoms with Crippen LogP contribution in [0.25, 0.3) is 0 Å². The van der Waals surface area contributed by atoms with Crippen LogP contribution in [-0.4, -0.2) is 38.4 Å². The van der Waals surface area contributed by atoms with Crippen molar-refractivity contribution in [1.29, 1.82) is 0 Å². The number of nitrogens with zero attached hydrogens (tertiary/aromatic N) is 3. The molecule has 0 spiro atoms. The van der Waals surface area contributed by atoms with E-state index in [0.717, 1.165) is 30.8 Å². The second-order valence-corrected chi connectivity index (χ2v) is 9.04. The molecule has 2 N–H and O–H groups in total. The summed E-state index contributed by atoms with van der Waals surface area (Å²) in [6, 6.07) is 10.7. The van der Waals surface area contributed by atoms with E-state index in [2.05, 4.69) is 50.2 Å². The molecule has 2 aromatic rings. The number of aromatic amines is 1. The first-order chi connectivity index (χ1) is 12.9. The number of thioether (sulfide) groups is 1. The molecule has 1 saturated carbocycles. The molecule has 3 rings (SSSR count). The smallest absolute Gasteiger partial charge is 0.407 e. The van der Waals surface area contributed by atoms with Crippen molar-refractivity contribution >= 4 is 17.9 Å². The zero-order valence-corrected chi connectivity index (χ0v) is 16.8. The molecule has 1 amide bonds. The van der Waals surface area contributed by atoms with Crippen LogP contribution in [0.5, 0.6) is 0 Å². The van der Waals surface area contributed by atoms with Crippen LogP contribution in [0, 0.1) is 5.92 Å². The average molecular weight is 390 g/mol. The van der Waals surface area contributed by atoms with Gasteiger partial charge in [-0.1, -0.05) is 42.1 Å². The Bertz CT molecular complexity index is 709. The predicted molar refractivity (Wildman–Crippen MR) is 104 cm³/mol. The fourth-order valence-electron chi connectivity index (χ4n) is 3.44. The van der Waals surface area contributed by atoms with E-state index in [4.69, 9.17) is 4.74 Å². The van der Waals surface area contributed by atoms with Crippen LogP contribution in [0.1, 0.15) is 57.3 Å². The van der Waals surface area contributed by atoms with E-state index in [-0.39, 0.29) is 17.4 Å². The zero-order valence-electron chi connectivity index (χ0n) is 16.0. The van der Waals surface area contributed by atoms with Crippen molar-refractivity contribution in [2.24, 2.45) is 5.92 Å². The minimum absolute atomic E-state index is 0.171. The van der Waals surface area contributed by atoms with Gasteiger partial charge in [-0.05, 0) is 68.4 Å². The molecule has 27 heavy (non-hydrogen) atoms. The van der Waals surface area contributed by atoms with Gasteiger partial charge in [0.2, 0.25) is 5.16 Å². The first-order valence-corrected chi connectivity index (χ1v) is 10.2. The van der Waals surface area contributed by atoms with Crippen LogP contribution in [-0.2, 0) is 4.74 Å². The van der Waals surface area contributed by atoms with Crippen LogP contribution in [0.2, 0.25) is 0 Å². The lowest BCUT2D eigenvalue weighted by Crippen LogP contribution is -2.41. The summed E-state index contributed by atoms with van der Waals surface area (Å²) in [4.78, 5) is 12.0. The lowest BCUT2D eigenvalue weighted by molar-refractivity contribution is 0.0487. The van der Waals surface area contributed by atoms with Crippen molar-refractivity contribution in [2.45, 2.75) is 68.5 Å². The highest BCUT2D eigenvalue weighted by molar-refractivity contribution is 7.99. The number of aromatic nitrogens is 4. The Labute approximate surface area is 164 Å². The maximum absolute atomic E-state index is 12.0. The summed E-state index contributed by atoms with van der Waals surface area (Å²) in [6.45, 7) is 5.64. The van der Waals surface area contributed by atoms with Gasteiger partial charge in [0.05, 0.1) is 0 Å². The van der Waals surface area contributed by atoms with E-state index >= 15 is 0 Å². The monoisotopic (exact) mass is 389 g/mol. The van der Waals surface area contributed by atoms with Gasteiger partial charge < -0.3 is 10.1 Å². The fraction of sp³-hybridized carbons (Fsp3) is 0.579. The van der Waals surface area contributed by atoms with E-state index < -0.39 is 5.60 Å². The number of benzene rings is 1. The minimum atomic E-state index is -0.471. The Hall–Kier alpha value is -2.09. The Balaban J connectivity index is 1.60. The van der Waals surface area contributed by atoms with Gasteiger partial charge in [-0.2, -0.15) is 0 Å². The van der Waals surface area contributed by atoms with Crippen LogP contribution < -0.4 is 5.32 Å². The quantitative estimate of drug-likeness (QED) is 0.747. The van der Waals surface area contributed by atoms with Gasteiger partial charge in [0, 0.05) is 11.3 Å². The van der Waals surface area contributed by atoms with Gasteiger partial charge in [-0.3, -0.25) is 0 Å². The summed E-state index contributed by atoms with van der Waals surface area (Å²) < 4.78 is 5.37. The van der Waals surface area contributed by atoms with E-state index in [9.17, 15) is 4.79 Å². The number of carbonyl (C=O) groups excluding carboxylic acids is 1. The molecule has 1 unspecified atom stereocenters. The largest absolute Gasteiger partial charge is 0.444 e. The van der Waals surface area contributed by atoms with E-state index in [1.165, 1.54) is 5.56 Å². The molecule has 8 heteroatoms. The van der Waals surface area contributed by atoms with E-state index in [0.29, 0.717) is 5.92 Å². The summed E-state index contributed by atoms with van der Waals surface area (Å²) >= 11 is 1.67.